The van der Waals surface area contributed by atoms with E-state index in [0.717, 1.165) is 35.5 Å². The van der Waals surface area contributed by atoms with Crippen LogP contribution in [0.2, 0.25) is 0 Å². The smallest absolute Gasteiger partial charge is 0.249 e. The molecule has 1 aliphatic rings. The fraction of sp³-hybridized carbons (Fsp3) is 0.318. The molecule has 4 rings (SSSR count). The zero-order chi connectivity index (χ0) is 20.2. The minimum absolute atomic E-state index is 0.0289. The van der Waals surface area contributed by atoms with E-state index >= 15 is 0 Å². The van der Waals surface area contributed by atoms with Crippen molar-refractivity contribution >= 4 is 5.91 Å². The Balaban J connectivity index is 1.51. The van der Waals surface area contributed by atoms with Gasteiger partial charge >= 0.3 is 0 Å². The Morgan fingerprint density at radius 1 is 1.14 bits per heavy atom. The van der Waals surface area contributed by atoms with Gasteiger partial charge in [0.2, 0.25) is 17.6 Å². The number of benzene rings is 2. The summed E-state index contributed by atoms with van der Waals surface area (Å²) in [7, 11) is 3.24. The molecule has 1 saturated heterocycles. The molecular formula is C22H23N3O4. The lowest BCUT2D eigenvalue weighted by atomic mass is 10.1. The summed E-state index contributed by atoms with van der Waals surface area (Å²) in [6, 6.07) is 14.8. The molecule has 1 aliphatic heterocycles. The van der Waals surface area contributed by atoms with E-state index in [2.05, 4.69) is 10.1 Å². The first-order chi connectivity index (χ1) is 14.2. The van der Waals surface area contributed by atoms with Crippen molar-refractivity contribution in [2.24, 2.45) is 0 Å². The Hall–Kier alpha value is -3.35. The van der Waals surface area contributed by atoms with Crippen molar-refractivity contribution in [2.75, 3.05) is 20.8 Å². The summed E-state index contributed by atoms with van der Waals surface area (Å²) in [6.07, 6.45) is 1.99. The third kappa shape index (κ3) is 3.94. The number of amides is 1. The number of carbonyl (C=O) groups is 1. The van der Waals surface area contributed by atoms with Crippen LogP contribution in [0, 0.1) is 0 Å². The number of nitrogens with zero attached hydrogens (tertiary/aromatic N) is 3. The molecule has 0 saturated carbocycles. The minimum Gasteiger partial charge on any atom is -0.497 e. The lowest BCUT2D eigenvalue weighted by Crippen LogP contribution is -2.32. The Bertz CT molecular complexity index is 984. The summed E-state index contributed by atoms with van der Waals surface area (Å²) < 4.78 is 16.1. The number of likely N-dealkylation sites (tertiary alicyclic amines) is 1. The second-order valence-electron chi connectivity index (χ2n) is 6.92. The first kappa shape index (κ1) is 19.0. The van der Waals surface area contributed by atoms with Gasteiger partial charge in [0.25, 0.3) is 0 Å². The molecule has 1 fully saturated rings. The van der Waals surface area contributed by atoms with E-state index in [1.165, 1.54) is 0 Å². The van der Waals surface area contributed by atoms with E-state index < -0.39 is 0 Å². The number of para-hydroxylation sites is 1. The van der Waals surface area contributed by atoms with Crippen molar-refractivity contribution in [3.05, 3.63) is 60.0 Å². The highest BCUT2D eigenvalue weighted by Crippen LogP contribution is 2.33. The van der Waals surface area contributed by atoms with Crippen molar-refractivity contribution in [1.29, 1.82) is 0 Å². The number of carbonyl (C=O) groups excluding carboxylic acids is 1. The molecule has 2 heterocycles. The number of hydrogen-bond donors (Lipinski definition) is 0. The second kappa shape index (κ2) is 8.34. The predicted molar refractivity (Wildman–Crippen MR) is 107 cm³/mol. The normalized spacial score (nSPS) is 16.1. The molecule has 1 amide bonds. The van der Waals surface area contributed by atoms with Crippen LogP contribution >= 0.6 is 0 Å². The topological polar surface area (TPSA) is 77.7 Å². The molecule has 0 N–H and O–H groups in total. The summed E-state index contributed by atoms with van der Waals surface area (Å²) in [5.74, 6) is 2.49. The summed E-state index contributed by atoms with van der Waals surface area (Å²) in [5.41, 5.74) is 1.71. The van der Waals surface area contributed by atoms with Gasteiger partial charge in [-0.1, -0.05) is 23.4 Å². The summed E-state index contributed by atoms with van der Waals surface area (Å²) in [4.78, 5) is 19.4. The fourth-order valence-electron chi connectivity index (χ4n) is 3.66. The largest absolute Gasteiger partial charge is 0.497 e. The lowest BCUT2D eigenvalue weighted by Gasteiger charge is -2.22. The van der Waals surface area contributed by atoms with Crippen molar-refractivity contribution < 1.29 is 18.8 Å². The van der Waals surface area contributed by atoms with Crippen LogP contribution in [0.1, 0.15) is 30.3 Å². The highest BCUT2D eigenvalue weighted by Gasteiger charge is 2.34. The van der Waals surface area contributed by atoms with E-state index in [0.29, 0.717) is 18.3 Å². The third-order valence-electron chi connectivity index (χ3n) is 5.18. The maximum absolute atomic E-state index is 13.0. The molecule has 7 nitrogen and oxygen atoms in total. The van der Waals surface area contributed by atoms with Crippen LogP contribution in [0.3, 0.4) is 0 Å². The summed E-state index contributed by atoms with van der Waals surface area (Å²) in [6.45, 7) is 0.679. The number of hydrogen-bond acceptors (Lipinski definition) is 6. The zero-order valence-corrected chi connectivity index (χ0v) is 16.5. The monoisotopic (exact) mass is 393 g/mol. The maximum Gasteiger partial charge on any atom is 0.249 e. The molecule has 1 aromatic heterocycles. The first-order valence-electron chi connectivity index (χ1n) is 9.59. The van der Waals surface area contributed by atoms with Gasteiger partial charge in [0, 0.05) is 17.7 Å². The van der Waals surface area contributed by atoms with Crippen molar-refractivity contribution in [3.8, 4) is 22.9 Å². The van der Waals surface area contributed by atoms with Crippen LogP contribution in [-0.4, -0.2) is 41.7 Å². The molecule has 3 aromatic rings. The molecule has 0 spiro atoms. The average Bonchev–Trinajstić information content (AvgIpc) is 3.44. The van der Waals surface area contributed by atoms with E-state index in [4.69, 9.17) is 14.0 Å². The fourth-order valence-corrected chi connectivity index (χ4v) is 3.66. The molecule has 7 heteroatoms. The van der Waals surface area contributed by atoms with Crippen LogP contribution < -0.4 is 9.47 Å². The predicted octanol–water partition coefficient (Wildman–Crippen LogP) is 3.66. The Labute approximate surface area is 169 Å². The standard InChI is InChI=1S/C22H23N3O4/c1-27-17-11-9-15(10-12-17)21-23-22(29-24-21)18-7-5-13-25(18)20(26)14-16-6-3-4-8-19(16)28-2/h3-4,6,8-12,18H,5,7,13-14H2,1-2H3/t18-/m1/s1. The maximum atomic E-state index is 13.0. The van der Waals surface area contributed by atoms with Gasteiger partial charge in [-0.05, 0) is 43.2 Å². The molecule has 1 atom stereocenters. The van der Waals surface area contributed by atoms with Crippen LogP contribution in [0.4, 0.5) is 0 Å². The van der Waals surface area contributed by atoms with E-state index in [1.807, 2.05) is 53.4 Å². The molecule has 0 bridgehead atoms. The molecule has 0 unspecified atom stereocenters. The first-order valence-corrected chi connectivity index (χ1v) is 9.59. The van der Waals surface area contributed by atoms with Gasteiger partial charge < -0.3 is 18.9 Å². The average molecular weight is 393 g/mol. The minimum atomic E-state index is -0.197. The van der Waals surface area contributed by atoms with Crippen LogP contribution in [0.5, 0.6) is 11.5 Å². The molecule has 29 heavy (non-hydrogen) atoms. The van der Waals surface area contributed by atoms with Gasteiger partial charge in [0.05, 0.1) is 20.6 Å². The highest BCUT2D eigenvalue weighted by atomic mass is 16.5. The van der Waals surface area contributed by atoms with Crippen LogP contribution in [-0.2, 0) is 11.2 Å². The van der Waals surface area contributed by atoms with E-state index in [1.54, 1.807) is 14.2 Å². The zero-order valence-electron chi connectivity index (χ0n) is 16.5. The van der Waals surface area contributed by atoms with Crippen LogP contribution in [0.15, 0.2) is 53.1 Å². The molecular weight excluding hydrogens is 370 g/mol. The molecule has 150 valence electrons. The van der Waals surface area contributed by atoms with Crippen molar-refractivity contribution in [1.82, 2.24) is 15.0 Å². The highest BCUT2D eigenvalue weighted by molar-refractivity contribution is 5.80. The van der Waals surface area contributed by atoms with Crippen molar-refractivity contribution in [3.63, 3.8) is 0 Å². The van der Waals surface area contributed by atoms with Gasteiger partial charge in [-0.2, -0.15) is 4.98 Å². The van der Waals surface area contributed by atoms with Gasteiger partial charge in [-0.25, -0.2) is 0 Å². The van der Waals surface area contributed by atoms with Crippen LogP contribution in [0.25, 0.3) is 11.4 Å². The third-order valence-corrected chi connectivity index (χ3v) is 5.18. The van der Waals surface area contributed by atoms with Gasteiger partial charge in [0.1, 0.15) is 17.5 Å². The quantitative estimate of drug-likeness (QED) is 0.636. The van der Waals surface area contributed by atoms with Crippen molar-refractivity contribution in [2.45, 2.75) is 25.3 Å². The summed E-state index contributed by atoms with van der Waals surface area (Å²) in [5, 5.41) is 4.11. The number of aromatic nitrogens is 2. The number of methoxy groups -OCH3 is 2. The Kier molecular flexibility index (Phi) is 5.46. The second-order valence-corrected chi connectivity index (χ2v) is 6.92. The molecule has 2 aromatic carbocycles. The van der Waals surface area contributed by atoms with Gasteiger partial charge in [-0.3, -0.25) is 4.79 Å². The molecule has 0 aliphatic carbocycles. The van der Waals surface area contributed by atoms with E-state index in [9.17, 15) is 4.79 Å². The number of ether oxygens (including phenoxy) is 2. The Morgan fingerprint density at radius 2 is 1.93 bits per heavy atom. The van der Waals surface area contributed by atoms with Gasteiger partial charge in [0.15, 0.2) is 0 Å². The summed E-state index contributed by atoms with van der Waals surface area (Å²) >= 11 is 0. The SMILES string of the molecule is COc1ccc(-c2noc([C@H]3CCCN3C(=O)Cc3ccccc3OC)n2)cc1. The Morgan fingerprint density at radius 3 is 2.69 bits per heavy atom. The molecule has 0 radical (unpaired) electrons. The van der Waals surface area contributed by atoms with Gasteiger partial charge in [-0.15, -0.1) is 0 Å². The van der Waals surface area contributed by atoms with E-state index in [-0.39, 0.29) is 18.4 Å². The lowest BCUT2D eigenvalue weighted by molar-refractivity contribution is -0.131. The number of rotatable bonds is 6.